The molecule has 3 rings (SSSR count). The zero-order valence-electron chi connectivity index (χ0n) is 10.8. The van der Waals surface area contributed by atoms with Crippen LogP contribution in [-0.2, 0) is 6.18 Å². The Morgan fingerprint density at radius 1 is 1.33 bits per heavy atom. The van der Waals surface area contributed by atoms with Crippen molar-refractivity contribution in [1.82, 2.24) is 9.97 Å². The monoisotopic (exact) mass is 299 g/mol. The van der Waals surface area contributed by atoms with Crippen LogP contribution >= 0.6 is 0 Å². The van der Waals surface area contributed by atoms with Crippen LogP contribution in [0.4, 0.5) is 19.0 Å². The molecule has 2 aromatic rings. The summed E-state index contributed by atoms with van der Waals surface area (Å²) in [6.45, 7) is 0.732. The first-order valence-electron chi connectivity index (χ1n) is 6.34. The lowest BCUT2D eigenvalue weighted by Crippen LogP contribution is -2.23. The minimum absolute atomic E-state index is 0.0683. The van der Waals surface area contributed by atoms with Crippen LogP contribution in [0.1, 0.15) is 12.0 Å². The molecule has 1 N–H and O–H groups in total. The van der Waals surface area contributed by atoms with E-state index in [1.54, 1.807) is 4.90 Å². The maximum atomic E-state index is 13.0. The van der Waals surface area contributed by atoms with Gasteiger partial charge in [-0.2, -0.15) is 13.2 Å². The highest BCUT2D eigenvalue weighted by Crippen LogP contribution is 2.34. The second kappa shape index (κ2) is 5.03. The first-order chi connectivity index (χ1) is 9.93. The van der Waals surface area contributed by atoms with Crippen LogP contribution in [0, 0.1) is 0 Å². The molecular formula is C13H12F3N3O2. The Morgan fingerprint density at radius 2 is 2.14 bits per heavy atom. The van der Waals surface area contributed by atoms with Crippen LogP contribution in [0.5, 0.6) is 0 Å². The normalized spacial score (nSPS) is 19.2. The quantitative estimate of drug-likeness (QED) is 0.922. The van der Waals surface area contributed by atoms with Crippen molar-refractivity contribution in [3.63, 3.8) is 0 Å². The fraction of sp³-hybridized carbons (Fsp3) is 0.385. The van der Waals surface area contributed by atoms with Gasteiger partial charge in [0.2, 0.25) is 0 Å². The van der Waals surface area contributed by atoms with Gasteiger partial charge in [0.1, 0.15) is 11.5 Å². The fourth-order valence-corrected chi connectivity index (χ4v) is 2.26. The van der Waals surface area contributed by atoms with Crippen molar-refractivity contribution in [3.8, 4) is 11.5 Å². The van der Waals surface area contributed by atoms with Gasteiger partial charge in [-0.1, -0.05) is 0 Å². The van der Waals surface area contributed by atoms with Gasteiger partial charge >= 0.3 is 6.18 Å². The molecule has 0 radical (unpaired) electrons. The third-order valence-electron chi connectivity index (χ3n) is 3.31. The Kier molecular flexibility index (Phi) is 3.32. The van der Waals surface area contributed by atoms with E-state index in [0.717, 1.165) is 18.5 Å². The number of aliphatic hydroxyl groups is 1. The van der Waals surface area contributed by atoms with Gasteiger partial charge in [0.05, 0.1) is 17.9 Å². The smallest absolute Gasteiger partial charge is 0.416 e. The third kappa shape index (κ3) is 2.85. The maximum absolute atomic E-state index is 13.0. The SMILES string of the molecule is OC1CCN(c2cc(C(F)(F)F)cc(-c3cnco3)n2)C1. The van der Waals surface area contributed by atoms with Gasteiger partial charge in [-0.15, -0.1) is 0 Å². The van der Waals surface area contributed by atoms with E-state index in [2.05, 4.69) is 9.97 Å². The minimum atomic E-state index is -4.48. The number of anilines is 1. The number of β-amino-alcohol motifs (C(OH)–C–C–N with tert-alkyl or cyclic N) is 1. The van der Waals surface area contributed by atoms with Crippen molar-refractivity contribution in [3.05, 3.63) is 30.3 Å². The van der Waals surface area contributed by atoms with Crippen LogP contribution in [0.2, 0.25) is 0 Å². The number of pyridine rings is 1. The molecule has 1 atom stereocenters. The van der Waals surface area contributed by atoms with Crippen molar-refractivity contribution in [1.29, 1.82) is 0 Å². The minimum Gasteiger partial charge on any atom is -0.442 e. The van der Waals surface area contributed by atoms with E-state index in [9.17, 15) is 18.3 Å². The molecule has 0 saturated carbocycles. The number of oxazole rings is 1. The average Bonchev–Trinajstić information content (AvgIpc) is 3.08. The maximum Gasteiger partial charge on any atom is 0.416 e. The molecule has 1 fully saturated rings. The van der Waals surface area contributed by atoms with Crippen molar-refractivity contribution in [2.75, 3.05) is 18.0 Å². The number of aromatic nitrogens is 2. The zero-order chi connectivity index (χ0) is 15.0. The molecule has 112 valence electrons. The molecule has 0 aromatic carbocycles. The van der Waals surface area contributed by atoms with Crippen molar-refractivity contribution >= 4 is 5.82 Å². The highest BCUT2D eigenvalue weighted by atomic mass is 19.4. The molecule has 21 heavy (non-hydrogen) atoms. The van der Waals surface area contributed by atoms with Crippen LogP contribution in [0.25, 0.3) is 11.5 Å². The molecule has 0 spiro atoms. The van der Waals surface area contributed by atoms with Crippen LogP contribution in [0.3, 0.4) is 0 Å². The van der Waals surface area contributed by atoms with Crippen molar-refractivity contribution in [2.45, 2.75) is 18.7 Å². The Hall–Kier alpha value is -2.09. The van der Waals surface area contributed by atoms with Crippen molar-refractivity contribution < 1.29 is 22.7 Å². The van der Waals surface area contributed by atoms with Gasteiger partial charge in [0.15, 0.2) is 12.2 Å². The number of hydrogen-bond donors (Lipinski definition) is 1. The second-order valence-corrected chi connectivity index (χ2v) is 4.85. The van der Waals surface area contributed by atoms with Gasteiger partial charge in [0, 0.05) is 13.1 Å². The largest absolute Gasteiger partial charge is 0.442 e. The summed E-state index contributed by atoms with van der Waals surface area (Å²) in [5.41, 5.74) is -0.737. The van der Waals surface area contributed by atoms with E-state index in [4.69, 9.17) is 4.42 Å². The highest BCUT2D eigenvalue weighted by molar-refractivity contribution is 5.58. The van der Waals surface area contributed by atoms with E-state index in [1.165, 1.54) is 6.20 Å². The van der Waals surface area contributed by atoms with Gasteiger partial charge in [-0.25, -0.2) is 9.97 Å². The molecule has 5 nitrogen and oxygen atoms in total. The topological polar surface area (TPSA) is 62.4 Å². The summed E-state index contributed by atoms with van der Waals surface area (Å²) < 4.78 is 44.1. The number of nitrogens with zero attached hydrogens (tertiary/aromatic N) is 3. The number of aliphatic hydroxyl groups excluding tert-OH is 1. The molecule has 1 unspecified atom stereocenters. The Bertz CT molecular complexity index is 628. The molecule has 1 saturated heterocycles. The summed E-state index contributed by atoms with van der Waals surface area (Å²) in [4.78, 5) is 9.50. The highest BCUT2D eigenvalue weighted by Gasteiger charge is 2.33. The Balaban J connectivity index is 2.05. The predicted octanol–water partition coefficient (Wildman–Crippen LogP) is 2.33. The van der Waals surface area contributed by atoms with Gasteiger partial charge in [-0.05, 0) is 18.6 Å². The summed E-state index contributed by atoms with van der Waals surface area (Å²) in [5.74, 6) is 0.342. The summed E-state index contributed by atoms with van der Waals surface area (Å²) in [6, 6.07) is 1.91. The molecule has 1 aliphatic rings. The Morgan fingerprint density at radius 3 is 2.71 bits per heavy atom. The van der Waals surface area contributed by atoms with Gasteiger partial charge < -0.3 is 14.4 Å². The summed E-state index contributed by atoms with van der Waals surface area (Å²) in [5, 5.41) is 9.52. The van der Waals surface area contributed by atoms with E-state index in [-0.39, 0.29) is 23.8 Å². The molecule has 0 amide bonds. The molecule has 1 aliphatic heterocycles. The zero-order valence-corrected chi connectivity index (χ0v) is 10.8. The number of halogens is 3. The molecule has 2 aromatic heterocycles. The third-order valence-corrected chi connectivity index (χ3v) is 3.31. The molecule has 0 aliphatic carbocycles. The molecule has 0 bridgehead atoms. The van der Waals surface area contributed by atoms with Crippen LogP contribution in [-0.4, -0.2) is 34.3 Å². The first kappa shape index (κ1) is 13.9. The second-order valence-electron chi connectivity index (χ2n) is 4.85. The first-order valence-corrected chi connectivity index (χ1v) is 6.34. The van der Waals surface area contributed by atoms with E-state index < -0.39 is 17.8 Å². The Labute approximate surface area is 118 Å². The van der Waals surface area contributed by atoms with Gasteiger partial charge in [0.25, 0.3) is 0 Å². The lowest BCUT2D eigenvalue weighted by molar-refractivity contribution is -0.137. The van der Waals surface area contributed by atoms with Crippen LogP contribution in [0.15, 0.2) is 29.1 Å². The lowest BCUT2D eigenvalue weighted by Gasteiger charge is -2.19. The summed E-state index contributed by atoms with van der Waals surface area (Å²) in [7, 11) is 0. The number of rotatable bonds is 2. The molecule has 8 heteroatoms. The van der Waals surface area contributed by atoms with Gasteiger partial charge in [-0.3, -0.25) is 0 Å². The van der Waals surface area contributed by atoms with Crippen LogP contribution < -0.4 is 4.90 Å². The van der Waals surface area contributed by atoms with E-state index >= 15 is 0 Å². The van der Waals surface area contributed by atoms with Crippen molar-refractivity contribution in [2.24, 2.45) is 0 Å². The van der Waals surface area contributed by atoms with E-state index in [1.807, 2.05) is 0 Å². The molecular weight excluding hydrogens is 287 g/mol. The predicted molar refractivity (Wildman–Crippen MR) is 67.6 cm³/mol. The average molecular weight is 299 g/mol. The summed E-state index contributed by atoms with van der Waals surface area (Å²) in [6.07, 6.45) is -2.07. The van der Waals surface area contributed by atoms with E-state index in [0.29, 0.717) is 13.0 Å². The molecule has 3 heterocycles. The standard InChI is InChI=1S/C13H12F3N3O2/c14-13(15,16)8-3-10(11-5-17-7-21-11)18-12(4-8)19-2-1-9(20)6-19/h3-5,7,9,20H,1-2,6H2. The number of hydrogen-bond acceptors (Lipinski definition) is 5. The fourth-order valence-electron chi connectivity index (χ4n) is 2.26. The summed E-state index contributed by atoms with van der Waals surface area (Å²) >= 11 is 0. The lowest BCUT2D eigenvalue weighted by atomic mass is 10.2. The number of alkyl halides is 3.